The Morgan fingerprint density at radius 2 is 1.56 bits per heavy atom. The Bertz CT molecular complexity index is 2070. The molecule has 0 saturated carbocycles. The minimum Gasteiger partial charge on any atom is -0.370 e. The first-order valence-corrected chi connectivity index (χ1v) is 21.3. The summed E-state index contributed by atoms with van der Waals surface area (Å²) in [5.74, 6) is -2.74. The zero-order valence-corrected chi connectivity index (χ0v) is 32.6. The highest BCUT2D eigenvalue weighted by Crippen LogP contribution is 2.38. The number of nitrogens with one attached hydrogen (secondary N) is 1. The van der Waals surface area contributed by atoms with Gasteiger partial charge in [-0.2, -0.15) is 4.31 Å². The lowest BCUT2D eigenvalue weighted by molar-refractivity contribution is -0.132. The number of nitrogens with two attached hydrogens (primary N) is 4. The molecule has 3 amide bonds. The van der Waals surface area contributed by atoms with E-state index in [9.17, 15) is 31.2 Å². The molecule has 3 aromatic carbocycles. The highest BCUT2D eigenvalue weighted by Gasteiger charge is 2.40. The molecule has 0 spiro atoms. The number of fused-ring (bicyclic) bond motifs is 1. The molecule has 0 radical (unpaired) electrons. The number of carbonyl (C=O) groups excluding carboxylic acids is 3. The van der Waals surface area contributed by atoms with Gasteiger partial charge in [-0.3, -0.25) is 19.4 Å². The summed E-state index contributed by atoms with van der Waals surface area (Å²) in [6.45, 7) is 4.20. The van der Waals surface area contributed by atoms with E-state index in [-0.39, 0.29) is 83.4 Å². The number of anilines is 1. The van der Waals surface area contributed by atoms with Crippen LogP contribution in [0.15, 0.2) is 75.4 Å². The Balaban J connectivity index is 1.92. The monoisotopic (exact) mass is 784 g/mol. The summed E-state index contributed by atoms with van der Waals surface area (Å²) < 4.78 is 55.6. The van der Waals surface area contributed by atoms with Gasteiger partial charge in [0.25, 0.3) is 11.8 Å². The molecule has 54 heavy (non-hydrogen) atoms. The number of sulfonamides is 1. The number of amides is 3. The molecule has 0 bridgehead atoms. The van der Waals surface area contributed by atoms with Crippen LogP contribution in [0.3, 0.4) is 0 Å². The van der Waals surface area contributed by atoms with Gasteiger partial charge in [-0.25, -0.2) is 21.7 Å². The Kier molecular flexibility index (Phi) is 14.3. The molecule has 294 valence electrons. The van der Waals surface area contributed by atoms with Crippen LogP contribution in [0.25, 0.3) is 10.8 Å². The fourth-order valence-electron chi connectivity index (χ4n) is 6.46. The van der Waals surface area contributed by atoms with E-state index in [1.165, 1.54) is 34.6 Å². The van der Waals surface area contributed by atoms with Gasteiger partial charge in [-0.1, -0.05) is 62.7 Å². The van der Waals surface area contributed by atoms with Crippen molar-refractivity contribution >= 4 is 60.0 Å². The van der Waals surface area contributed by atoms with Crippen LogP contribution in [0.4, 0.5) is 5.69 Å². The smallest absolute Gasteiger partial charge is 0.256 e. The van der Waals surface area contributed by atoms with Gasteiger partial charge < -0.3 is 28.3 Å². The lowest BCUT2D eigenvalue weighted by Gasteiger charge is -2.33. The van der Waals surface area contributed by atoms with E-state index in [0.717, 1.165) is 23.1 Å². The number of imide groups is 1. The van der Waals surface area contributed by atoms with Crippen LogP contribution in [0.5, 0.6) is 0 Å². The van der Waals surface area contributed by atoms with E-state index < -0.39 is 55.7 Å². The molecule has 1 aliphatic heterocycles. The van der Waals surface area contributed by atoms with Crippen molar-refractivity contribution in [3.8, 4) is 0 Å². The third kappa shape index (κ3) is 10.6. The van der Waals surface area contributed by atoms with Crippen LogP contribution in [-0.2, 0) is 40.7 Å². The minimum absolute atomic E-state index is 0.0394. The molecule has 17 heteroatoms. The molecule has 15 nitrogen and oxygen atoms in total. The Labute approximate surface area is 317 Å². The molecule has 4 rings (SSSR count). The SMILES string of the molecule is CC(C)C[C@@H](N)C(=O)N(C(=O)[C@H](CCCN=C(N)N)NC(=O)[C@@H](N)Cc1ccccc1)c1ccc2cc(S(C)(=O)=O)ccc2c1S(=O)(=O)N1CCCCC1. The highest BCUT2D eigenvalue weighted by molar-refractivity contribution is 7.90. The summed E-state index contributed by atoms with van der Waals surface area (Å²) in [4.78, 5) is 47.3. The van der Waals surface area contributed by atoms with Gasteiger partial charge in [0.15, 0.2) is 15.8 Å². The first-order valence-electron chi connectivity index (χ1n) is 18.0. The molecular formula is C37H52N8O7S2. The Hall–Kier alpha value is -4.42. The van der Waals surface area contributed by atoms with Crippen LogP contribution < -0.4 is 33.2 Å². The van der Waals surface area contributed by atoms with Crippen LogP contribution in [0.2, 0.25) is 0 Å². The van der Waals surface area contributed by atoms with Crippen LogP contribution in [-0.4, -0.2) is 88.8 Å². The van der Waals surface area contributed by atoms with Crippen molar-refractivity contribution in [3.63, 3.8) is 0 Å². The van der Waals surface area contributed by atoms with E-state index in [1.54, 1.807) is 12.1 Å². The van der Waals surface area contributed by atoms with Gasteiger partial charge in [-0.05, 0) is 73.6 Å². The highest BCUT2D eigenvalue weighted by atomic mass is 32.2. The third-order valence-corrected chi connectivity index (χ3v) is 12.3. The van der Waals surface area contributed by atoms with Gasteiger partial charge >= 0.3 is 0 Å². The van der Waals surface area contributed by atoms with Crippen molar-refractivity contribution in [1.29, 1.82) is 0 Å². The van der Waals surface area contributed by atoms with Crippen molar-refractivity contribution in [2.24, 2.45) is 33.8 Å². The molecule has 1 saturated heterocycles. The first-order chi connectivity index (χ1) is 25.4. The summed E-state index contributed by atoms with van der Waals surface area (Å²) >= 11 is 0. The molecular weight excluding hydrogens is 733 g/mol. The second kappa shape index (κ2) is 18.3. The average Bonchev–Trinajstić information content (AvgIpc) is 3.12. The van der Waals surface area contributed by atoms with Crippen molar-refractivity contribution in [3.05, 3.63) is 66.2 Å². The number of hydrogen-bond acceptors (Lipinski definition) is 10. The Morgan fingerprint density at radius 3 is 2.17 bits per heavy atom. The number of piperidine rings is 1. The van der Waals surface area contributed by atoms with Crippen molar-refractivity contribution in [2.75, 3.05) is 30.8 Å². The number of sulfone groups is 1. The number of carbonyl (C=O) groups is 3. The summed E-state index contributed by atoms with van der Waals surface area (Å²) in [6.07, 6.45) is 3.52. The van der Waals surface area contributed by atoms with E-state index in [0.29, 0.717) is 12.8 Å². The molecule has 0 unspecified atom stereocenters. The summed E-state index contributed by atoms with van der Waals surface area (Å²) in [6, 6.07) is 12.1. The summed E-state index contributed by atoms with van der Waals surface area (Å²) in [5.41, 5.74) is 24.3. The number of aliphatic imine (C=N–C) groups is 1. The lowest BCUT2D eigenvalue weighted by atomic mass is 10.0. The fourth-order valence-corrected chi connectivity index (χ4v) is 9.00. The minimum atomic E-state index is -4.41. The molecule has 1 fully saturated rings. The standard InChI is InChI=1S/C37H52N8O7S2/c1-24(2)21-30(39)35(47)45(36(48)31(13-10-18-42-37(40)41)43-34(46)29(38)22-25-11-6-4-7-12-25)32-17-14-26-23-27(53(3,49)50)15-16-28(26)33(32)54(51,52)44-19-8-5-9-20-44/h4,6-7,11-12,14-17,23-24,29-31H,5,8-10,13,18-22,38-39H2,1-3H3,(H,43,46)(H4,40,41,42)/t29-,30+,31-/m0/s1. The molecule has 3 atom stereocenters. The van der Waals surface area contributed by atoms with Gasteiger partial charge in [0.05, 0.1) is 22.7 Å². The summed E-state index contributed by atoms with van der Waals surface area (Å²) in [7, 11) is -8.09. The van der Waals surface area contributed by atoms with E-state index in [4.69, 9.17) is 22.9 Å². The number of hydrogen-bond donors (Lipinski definition) is 5. The molecule has 1 aliphatic rings. The number of benzene rings is 3. The second-order valence-electron chi connectivity index (χ2n) is 14.1. The maximum absolute atomic E-state index is 14.9. The van der Waals surface area contributed by atoms with Crippen molar-refractivity contribution in [2.45, 2.75) is 86.7 Å². The van der Waals surface area contributed by atoms with Gasteiger partial charge in [0.1, 0.15) is 10.9 Å². The number of guanidine groups is 1. The van der Waals surface area contributed by atoms with Crippen molar-refractivity contribution < 1.29 is 31.2 Å². The van der Waals surface area contributed by atoms with Crippen LogP contribution in [0.1, 0.15) is 57.9 Å². The largest absolute Gasteiger partial charge is 0.370 e. The predicted molar refractivity (Wildman–Crippen MR) is 210 cm³/mol. The predicted octanol–water partition coefficient (Wildman–Crippen LogP) is 1.76. The molecule has 1 heterocycles. The average molecular weight is 785 g/mol. The molecule has 9 N–H and O–H groups in total. The van der Waals surface area contributed by atoms with Crippen LogP contribution >= 0.6 is 0 Å². The molecule has 3 aromatic rings. The second-order valence-corrected chi connectivity index (χ2v) is 18.0. The molecule has 0 aliphatic carbocycles. The fraction of sp³-hybridized carbons (Fsp3) is 0.459. The van der Waals surface area contributed by atoms with E-state index in [1.807, 2.05) is 32.0 Å². The first kappa shape index (κ1) is 42.3. The van der Waals surface area contributed by atoms with E-state index >= 15 is 0 Å². The quantitative estimate of drug-likeness (QED) is 0.0795. The lowest BCUT2D eigenvalue weighted by Crippen LogP contribution is -2.57. The molecule has 0 aromatic heterocycles. The zero-order chi connectivity index (χ0) is 39.8. The third-order valence-electron chi connectivity index (χ3n) is 9.18. The number of rotatable bonds is 16. The summed E-state index contributed by atoms with van der Waals surface area (Å²) in [5, 5.41) is 3.07. The Morgan fingerprint density at radius 1 is 0.889 bits per heavy atom. The zero-order valence-electron chi connectivity index (χ0n) is 31.0. The van der Waals surface area contributed by atoms with E-state index in [2.05, 4.69) is 10.3 Å². The van der Waals surface area contributed by atoms with Crippen LogP contribution in [0, 0.1) is 5.92 Å². The van der Waals surface area contributed by atoms with Gasteiger partial charge in [-0.15, -0.1) is 0 Å². The normalized spacial score (nSPS) is 15.7. The van der Waals surface area contributed by atoms with Crippen molar-refractivity contribution in [1.82, 2.24) is 9.62 Å². The maximum atomic E-state index is 14.9. The number of nitrogens with zero attached hydrogens (tertiary/aromatic N) is 3. The van der Waals surface area contributed by atoms with Gasteiger partial charge in [0, 0.05) is 31.3 Å². The van der Waals surface area contributed by atoms with Gasteiger partial charge in [0.2, 0.25) is 15.9 Å². The topological polar surface area (TPSA) is 254 Å². The maximum Gasteiger partial charge on any atom is 0.256 e.